The maximum Gasteiger partial charge on any atom is 0.255 e. The van der Waals surface area contributed by atoms with Gasteiger partial charge in [-0.2, -0.15) is 0 Å². The van der Waals surface area contributed by atoms with E-state index in [1.807, 2.05) is 12.1 Å². The number of carbonyl (C=O) groups excluding carboxylic acids is 2. The summed E-state index contributed by atoms with van der Waals surface area (Å²) in [5, 5.41) is 15.7. The second-order valence-corrected chi connectivity index (χ2v) is 8.20. The van der Waals surface area contributed by atoms with Crippen LogP contribution in [-0.2, 0) is 5.41 Å². The van der Waals surface area contributed by atoms with Gasteiger partial charge in [0.15, 0.2) is 0 Å². The van der Waals surface area contributed by atoms with Crippen LogP contribution in [0.25, 0.3) is 0 Å². The third kappa shape index (κ3) is 5.42. The van der Waals surface area contributed by atoms with Gasteiger partial charge in [0.25, 0.3) is 11.8 Å². The Bertz CT molecular complexity index is 1100. The summed E-state index contributed by atoms with van der Waals surface area (Å²) in [5.74, 6) is -0.245. The lowest BCUT2D eigenvalue weighted by atomic mass is 9.87. The first-order valence-corrected chi connectivity index (χ1v) is 9.87. The van der Waals surface area contributed by atoms with Gasteiger partial charge in [-0.1, -0.05) is 39.0 Å². The van der Waals surface area contributed by atoms with Crippen LogP contribution in [0.5, 0.6) is 11.5 Å². The Balaban J connectivity index is 1.69. The van der Waals surface area contributed by atoms with Crippen LogP contribution >= 0.6 is 0 Å². The number of rotatable bonds is 5. The molecule has 0 aliphatic carbocycles. The van der Waals surface area contributed by atoms with Crippen LogP contribution < -0.4 is 15.4 Å². The van der Waals surface area contributed by atoms with Gasteiger partial charge in [-0.25, -0.2) is 0 Å². The van der Waals surface area contributed by atoms with E-state index in [1.54, 1.807) is 42.5 Å². The Morgan fingerprint density at radius 1 is 0.839 bits per heavy atom. The van der Waals surface area contributed by atoms with Gasteiger partial charge in [0, 0.05) is 22.9 Å². The summed E-state index contributed by atoms with van der Waals surface area (Å²) in [6, 6.07) is 18.6. The van der Waals surface area contributed by atoms with Crippen LogP contribution in [0, 0.1) is 0 Å². The van der Waals surface area contributed by atoms with Gasteiger partial charge in [0.05, 0.1) is 12.8 Å². The molecule has 0 spiro atoms. The molecule has 160 valence electrons. The Morgan fingerprint density at radius 3 is 2.13 bits per heavy atom. The average Bonchev–Trinajstić information content (AvgIpc) is 2.75. The van der Waals surface area contributed by atoms with Gasteiger partial charge in [-0.3, -0.25) is 9.59 Å². The molecule has 0 aliphatic heterocycles. The highest BCUT2D eigenvalue weighted by molar-refractivity contribution is 6.06. The minimum absolute atomic E-state index is 0.00157. The minimum Gasteiger partial charge on any atom is -0.506 e. The molecule has 2 amide bonds. The zero-order valence-corrected chi connectivity index (χ0v) is 18.0. The van der Waals surface area contributed by atoms with Gasteiger partial charge in [-0.05, 0) is 53.4 Å². The first-order chi connectivity index (χ1) is 14.7. The second-order valence-electron chi connectivity index (χ2n) is 8.20. The van der Waals surface area contributed by atoms with Crippen LogP contribution in [0.1, 0.15) is 47.1 Å². The van der Waals surface area contributed by atoms with E-state index in [4.69, 9.17) is 4.74 Å². The van der Waals surface area contributed by atoms with E-state index >= 15 is 0 Å². The average molecular weight is 418 g/mol. The van der Waals surface area contributed by atoms with Crippen LogP contribution in [0.4, 0.5) is 11.4 Å². The largest absolute Gasteiger partial charge is 0.506 e. The number of anilines is 2. The fraction of sp³-hybridized carbons (Fsp3) is 0.200. The second kappa shape index (κ2) is 8.92. The number of phenolic OH excluding ortho intramolecular Hbond substituents is 1. The van der Waals surface area contributed by atoms with Crippen molar-refractivity contribution in [2.45, 2.75) is 26.2 Å². The summed E-state index contributed by atoms with van der Waals surface area (Å²) >= 11 is 0. The molecule has 0 fully saturated rings. The third-order valence-electron chi connectivity index (χ3n) is 4.85. The van der Waals surface area contributed by atoms with Crippen molar-refractivity contribution in [3.63, 3.8) is 0 Å². The maximum absolute atomic E-state index is 12.5. The van der Waals surface area contributed by atoms with E-state index in [1.165, 1.54) is 19.2 Å². The van der Waals surface area contributed by atoms with E-state index < -0.39 is 0 Å². The fourth-order valence-electron chi connectivity index (χ4n) is 3.00. The van der Waals surface area contributed by atoms with Crippen molar-refractivity contribution in [1.29, 1.82) is 0 Å². The van der Waals surface area contributed by atoms with Crippen molar-refractivity contribution in [2.24, 2.45) is 0 Å². The van der Waals surface area contributed by atoms with E-state index in [0.29, 0.717) is 22.6 Å². The number of ether oxygens (including phenoxy) is 1. The van der Waals surface area contributed by atoms with Gasteiger partial charge in [0.2, 0.25) is 0 Å². The number of phenols is 1. The lowest BCUT2D eigenvalue weighted by molar-refractivity contribution is 0.101. The molecular weight excluding hydrogens is 392 g/mol. The molecule has 0 bridgehead atoms. The number of hydrogen-bond acceptors (Lipinski definition) is 4. The standard InChI is InChI=1S/C25H26N2O4/c1-25(2,3)18-10-8-16(9-11-18)23(29)27-21-13-12-19(15-22(21)28)26-24(30)17-6-5-7-20(14-17)31-4/h5-15,28H,1-4H3,(H,26,30)(H,27,29). The zero-order chi connectivity index (χ0) is 22.6. The van der Waals surface area contributed by atoms with Crippen molar-refractivity contribution in [1.82, 2.24) is 0 Å². The summed E-state index contributed by atoms with van der Waals surface area (Å²) in [6.07, 6.45) is 0. The molecule has 3 aromatic carbocycles. The zero-order valence-electron chi connectivity index (χ0n) is 18.0. The highest BCUT2D eigenvalue weighted by Gasteiger charge is 2.15. The predicted octanol–water partition coefficient (Wildman–Crippen LogP) is 5.20. The number of nitrogens with one attached hydrogen (secondary N) is 2. The SMILES string of the molecule is COc1cccc(C(=O)Nc2ccc(NC(=O)c3ccc(C(C)(C)C)cc3)c(O)c2)c1. The molecule has 0 aliphatic rings. The molecule has 0 aromatic heterocycles. The lowest BCUT2D eigenvalue weighted by Crippen LogP contribution is -2.15. The summed E-state index contributed by atoms with van der Waals surface area (Å²) in [7, 11) is 1.53. The summed E-state index contributed by atoms with van der Waals surface area (Å²) in [5.41, 5.74) is 2.70. The molecule has 0 heterocycles. The number of methoxy groups -OCH3 is 1. The fourth-order valence-corrected chi connectivity index (χ4v) is 3.00. The van der Waals surface area contributed by atoms with Crippen LogP contribution in [0.2, 0.25) is 0 Å². The van der Waals surface area contributed by atoms with E-state index in [0.717, 1.165) is 5.56 Å². The lowest BCUT2D eigenvalue weighted by Gasteiger charge is -2.19. The number of carbonyl (C=O) groups is 2. The number of amides is 2. The van der Waals surface area contributed by atoms with Gasteiger partial charge < -0.3 is 20.5 Å². The first kappa shape index (κ1) is 21.9. The van der Waals surface area contributed by atoms with Crippen molar-refractivity contribution in [3.8, 4) is 11.5 Å². The van der Waals surface area contributed by atoms with Crippen LogP contribution in [-0.4, -0.2) is 24.0 Å². The van der Waals surface area contributed by atoms with Crippen molar-refractivity contribution in [3.05, 3.63) is 83.4 Å². The molecule has 3 aromatic rings. The van der Waals surface area contributed by atoms with Crippen molar-refractivity contribution < 1.29 is 19.4 Å². The smallest absolute Gasteiger partial charge is 0.255 e. The van der Waals surface area contributed by atoms with Crippen molar-refractivity contribution in [2.75, 3.05) is 17.7 Å². The van der Waals surface area contributed by atoms with Gasteiger partial charge in [-0.15, -0.1) is 0 Å². The molecular formula is C25H26N2O4. The molecule has 3 rings (SSSR count). The molecule has 0 radical (unpaired) electrons. The minimum atomic E-state index is -0.339. The number of hydrogen-bond donors (Lipinski definition) is 3. The molecule has 0 saturated heterocycles. The molecule has 31 heavy (non-hydrogen) atoms. The van der Waals surface area contributed by atoms with Crippen LogP contribution in [0.3, 0.4) is 0 Å². The summed E-state index contributed by atoms with van der Waals surface area (Å²) in [6.45, 7) is 6.32. The Morgan fingerprint density at radius 2 is 1.52 bits per heavy atom. The van der Waals surface area contributed by atoms with E-state index in [-0.39, 0.29) is 28.7 Å². The van der Waals surface area contributed by atoms with E-state index in [2.05, 4.69) is 31.4 Å². The normalized spacial score (nSPS) is 11.0. The van der Waals surface area contributed by atoms with E-state index in [9.17, 15) is 14.7 Å². The molecule has 6 heteroatoms. The number of aromatic hydroxyl groups is 1. The topological polar surface area (TPSA) is 87.7 Å². The summed E-state index contributed by atoms with van der Waals surface area (Å²) < 4.78 is 5.13. The maximum atomic E-state index is 12.5. The molecule has 0 atom stereocenters. The van der Waals surface area contributed by atoms with Crippen LogP contribution in [0.15, 0.2) is 66.7 Å². The number of benzene rings is 3. The predicted molar refractivity (Wildman–Crippen MR) is 122 cm³/mol. The monoisotopic (exact) mass is 418 g/mol. The molecule has 0 unspecified atom stereocenters. The molecule has 3 N–H and O–H groups in total. The Hall–Kier alpha value is -3.80. The van der Waals surface area contributed by atoms with Crippen molar-refractivity contribution >= 4 is 23.2 Å². The first-order valence-electron chi connectivity index (χ1n) is 9.87. The highest BCUT2D eigenvalue weighted by Crippen LogP contribution is 2.28. The Labute approximate surface area is 181 Å². The summed E-state index contributed by atoms with van der Waals surface area (Å²) in [4.78, 5) is 25.0. The van der Waals surface area contributed by atoms with Gasteiger partial charge >= 0.3 is 0 Å². The molecule has 6 nitrogen and oxygen atoms in total. The quantitative estimate of drug-likeness (QED) is 0.497. The van der Waals surface area contributed by atoms with Gasteiger partial charge in [0.1, 0.15) is 11.5 Å². The Kier molecular flexibility index (Phi) is 6.30. The highest BCUT2D eigenvalue weighted by atomic mass is 16.5. The molecule has 0 saturated carbocycles. The third-order valence-corrected chi connectivity index (χ3v) is 4.85.